The number of hydrogen-bond donors (Lipinski definition) is 0. The molecular weight excluding hydrogens is 1380 g/mol. The predicted octanol–water partition coefficient (Wildman–Crippen LogP) is 29.6. The first-order valence-electron chi connectivity index (χ1n) is 38.0. The molecule has 0 aliphatic carbocycles. The smallest absolute Gasteiger partial charge is 0.187 e. The zero-order valence-electron chi connectivity index (χ0n) is 61.8. The molecule has 0 fully saturated rings. The molecule has 0 saturated heterocycles. The van der Waals surface area contributed by atoms with Crippen molar-refractivity contribution in [3.05, 3.63) is 429 Å². The Morgan fingerprint density at radius 3 is 1.05 bits per heavy atom. The molecule has 0 aliphatic heterocycles. The average Bonchev–Trinajstić information content (AvgIpc) is 0.874. The maximum atomic E-state index is 9.11. The zero-order chi connectivity index (χ0) is 76.4. The van der Waals surface area contributed by atoms with Gasteiger partial charge in [-0.1, -0.05) is 267 Å². The number of nitriles is 1. The number of fused-ring (bicyclic) bond motifs is 9. The van der Waals surface area contributed by atoms with Crippen LogP contribution in [0, 0.1) is 24.5 Å². The molecule has 0 unspecified atom stereocenters. The van der Waals surface area contributed by atoms with Gasteiger partial charge in [0.15, 0.2) is 11.4 Å². The lowest BCUT2D eigenvalue weighted by Gasteiger charge is -2.11. The van der Waals surface area contributed by atoms with E-state index in [0.29, 0.717) is 16.9 Å². The molecule has 18 aromatic carbocycles. The van der Waals surface area contributed by atoms with Gasteiger partial charge >= 0.3 is 0 Å². The highest BCUT2D eigenvalue weighted by atomic mass is 14.7. The third-order valence-electron chi connectivity index (χ3n) is 21.9. The maximum absolute atomic E-state index is 9.11. The summed E-state index contributed by atoms with van der Waals surface area (Å²) in [5, 5.41) is 27.1. The van der Waals surface area contributed by atoms with Gasteiger partial charge in [0.2, 0.25) is 0 Å². The largest absolute Gasteiger partial charge is 0.256 e. The molecule has 0 N–H and O–H groups in total. The van der Waals surface area contributed by atoms with Crippen LogP contribution < -0.4 is 0 Å². The van der Waals surface area contributed by atoms with E-state index in [4.69, 9.17) is 18.4 Å². The molecule has 0 radical (unpaired) electrons. The van der Waals surface area contributed by atoms with Gasteiger partial charge in [-0.15, -0.1) is 0 Å². The zero-order valence-corrected chi connectivity index (χ0v) is 61.8. The second kappa shape index (κ2) is 30.0. The summed E-state index contributed by atoms with van der Waals surface area (Å²) in [6, 6.07) is 136. The lowest BCUT2D eigenvalue weighted by Crippen LogP contribution is -1.85. The summed E-state index contributed by atoms with van der Waals surface area (Å²) in [6.07, 6.45) is 5.69. The Morgan fingerprint density at radius 2 is 0.544 bits per heavy atom. The van der Waals surface area contributed by atoms with E-state index in [1.54, 1.807) is 0 Å². The van der Waals surface area contributed by atoms with Crippen molar-refractivity contribution in [2.75, 3.05) is 0 Å². The Kier molecular flexibility index (Phi) is 18.1. The fourth-order valence-electron chi connectivity index (χ4n) is 15.8. The Hall–Kier alpha value is -15.8. The van der Waals surface area contributed by atoms with Gasteiger partial charge in [-0.3, -0.25) is 15.0 Å². The van der Waals surface area contributed by atoms with E-state index in [1.807, 2.05) is 116 Å². The van der Waals surface area contributed by atoms with E-state index in [1.165, 1.54) is 137 Å². The maximum Gasteiger partial charge on any atom is 0.187 e. The molecule has 21 aromatic rings. The highest BCUT2D eigenvalue weighted by molar-refractivity contribution is 6.04. The van der Waals surface area contributed by atoms with Gasteiger partial charge in [-0.2, -0.15) is 5.26 Å². The molecule has 3 heterocycles. The van der Waals surface area contributed by atoms with Crippen molar-refractivity contribution in [2.24, 2.45) is 0 Å². The Morgan fingerprint density at radius 1 is 0.211 bits per heavy atom. The minimum Gasteiger partial charge on any atom is -0.256 e. The first-order valence-corrected chi connectivity index (χ1v) is 38.0. The van der Waals surface area contributed by atoms with Gasteiger partial charge < -0.3 is 0 Å². The molecule has 0 spiro atoms. The van der Waals surface area contributed by atoms with E-state index in [-0.39, 0.29) is 0 Å². The van der Waals surface area contributed by atoms with Crippen molar-refractivity contribution in [3.63, 3.8) is 0 Å². The first-order chi connectivity index (χ1) is 56.2. The monoisotopic (exact) mass is 1450 g/mol. The summed E-state index contributed by atoms with van der Waals surface area (Å²) in [5.41, 5.74) is 26.1. The van der Waals surface area contributed by atoms with Gasteiger partial charge in [0.1, 0.15) is 0 Å². The lowest BCUT2D eigenvalue weighted by atomic mass is 9.94. The average molecular weight is 1450 g/mol. The van der Waals surface area contributed by atoms with Crippen molar-refractivity contribution < 1.29 is 0 Å². The van der Waals surface area contributed by atoms with Gasteiger partial charge in [0.25, 0.3) is 0 Å². The van der Waals surface area contributed by atoms with Crippen molar-refractivity contribution in [1.82, 2.24) is 15.0 Å². The number of aromatic nitrogens is 3. The van der Waals surface area contributed by atoms with Crippen molar-refractivity contribution in [2.45, 2.75) is 0 Å². The van der Waals surface area contributed by atoms with E-state index in [9.17, 15) is 0 Å². The van der Waals surface area contributed by atoms with Crippen molar-refractivity contribution >= 4 is 109 Å². The number of rotatable bonds is 9. The van der Waals surface area contributed by atoms with Crippen LogP contribution in [0.4, 0.5) is 11.4 Å². The van der Waals surface area contributed by atoms with Crippen molar-refractivity contribution in [1.29, 1.82) is 5.26 Å². The second-order valence-electron chi connectivity index (χ2n) is 28.8. The molecule has 0 atom stereocenters. The molecule has 21 rings (SSSR count). The summed E-state index contributed by atoms with van der Waals surface area (Å²) >= 11 is 0. The molecule has 0 aliphatic rings. The molecule has 0 bridgehead atoms. The predicted molar refractivity (Wildman–Crippen MR) is 476 cm³/mol. The molecule has 6 nitrogen and oxygen atoms in total. The van der Waals surface area contributed by atoms with Crippen LogP contribution >= 0.6 is 0 Å². The third kappa shape index (κ3) is 13.8. The number of nitrogens with zero attached hydrogens (tertiary/aromatic N) is 6. The SMILES string of the molecule is N#Cc1ccc(-c2ccc3ccc(-c4ccc5ccc(-c6cccc7ncccc67)cc5c4)cc3c2)cc1.[C-]#[N+]c1ccc(-c2ccc3cc(-c4ccc5ccc(-c6ccnc7ccccc67)cc5c4)ccc3c2)cc1.[C-]#[N+]c1ccc(-c2cccc3cc(-c4ccc5ccc(-c6cnc7ccccc7c6)cc5c4)ccc23)cc1. The van der Waals surface area contributed by atoms with Gasteiger partial charge in [0.05, 0.1) is 41.3 Å². The fraction of sp³-hybridized carbons (Fsp3) is 0. The van der Waals surface area contributed by atoms with Gasteiger partial charge in [-0.25, -0.2) is 9.69 Å². The Bertz CT molecular complexity index is 7490. The number of benzene rings is 18. The molecular formula is C108H66N6. The number of hydrogen-bond acceptors (Lipinski definition) is 4. The van der Waals surface area contributed by atoms with E-state index in [2.05, 4.69) is 316 Å². The first kappa shape index (κ1) is 68.7. The van der Waals surface area contributed by atoms with Crippen LogP contribution in [0.2, 0.25) is 0 Å². The summed E-state index contributed by atoms with van der Waals surface area (Å²) in [4.78, 5) is 20.7. The van der Waals surface area contributed by atoms with Crippen LogP contribution in [0.1, 0.15) is 5.56 Å². The molecule has 114 heavy (non-hydrogen) atoms. The quantitative estimate of drug-likeness (QED) is 0.135. The van der Waals surface area contributed by atoms with E-state index >= 15 is 0 Å². The highest BCUT2D eigenvalue weighted by Gasteiger charge is 2.14. The lowest BCUT2D eigenvalue weighted by molar-refractivity contribution is 1.41. The third-order valence-corrected chi connectivity index (χ3v) is 21.9. The van der Waals surface area contributed by atoms with Crippen molar-refractivity contribution in [3.8, 4) is 106 Å². The standard InChI is InChI=1S/3C36H22N2/c1-37-33-16-13-25(14-17-33)34-7-4-6-29-19-27(15-18-35(29)34)26-11-9-24-10-12-28(21-31(24)20-26)32-22-30-5-2-3-8-36(30)38-23-32;1-37-33-16-14-24(15-17-33)26-9-10-28-21-29(12-11-27(28)20-26)30-8-6-25-7-13-31(23-32(25)22-30)34-18-19-38-36-5-3-2-4-35(34)36;37-23-24-6-8-25(9-7-24)28-14-10-26-11-15-29(20-32(26)19-28)30-16-12-27-13-17-31(22-33(27)21-30)34-3-1-5-36-35(34)4-2-18-38-36/h2*2-23H;1-22H. The molecule has 528 valence electrons. The minimum atomic E-state index is 0.660. The highest BCUT2D eigenvalue weighted by Crippen LogP contribution is 2.40. The summed E-state index contributed by atoms with van der Waals surface area (Å²) in [6.45, 7) is 14.4. The van der Waals surface area contributed by atoms with Crippen LogP contribution in [0.25, 0.3) is 207 Å². The summed E-state index contributed by atoms with van der Waals surface area (Å²) in [7, 11) is 0. The Balaban J connectivity index is 0.000000115. The normalized spacial score (nSPS) is 11.1. The van der Waals surface area contributed by atoms with Crippen LogP contribution in [0.3, 0.4) is 0 Å². The van der Waals surface area contributed by atoms with Crippen LogP contribution in [0.5, 0.6) is 0 Å². The summed E-state index contributed by atoms with van der Waals surface area (Å²) < 4.78 is 0. The Labute approximate surface area is 660 Å². The topological polar surface area (TPSA) is 71.2 Å². The van der Waals surface area contributed by atoms with Gasteiger partial charge in [-0.05, 0) is 274 Å². The van der Waals surface area contributed by atoms with E-state index < -0.39 is 0 Å². The van der Waals surface area contributed by atoms with Gasteiger partial charge in [0, 0.05) is 40.3 Å². The fourth-order valence-corrected chi connectivity index (χ4v) is 15.8. The number of pyridine rings is 3. The molecule has 3 aromatic heterocycles. The van der Waals surface area contributed by atoms with Crippen LogP contribution in [0.15, 0.2) is 401 Å². The van der Waals surface area contributed by atoms with E-state index in [0.717, 1.165) is 60.7 Å². The summed E-state index contributed by atoms with van der Waals surface area (Å²) in [5.74, 6) is 0. The second-order valence-corrected chi connectivity index (χ2v) is 28.8. The van der Waals surface area contributed by atoms with Crippen LogP contribution in [-0.2, 0) is 0 Å². The molecule has 6 heteroatoms. The number of para-hydroxylation sites is 2. The molecule has 0 saturated carbocycles. The minimum absolute atomic E-state index is 0.660. The van der Waals surface area contributed by atoms with Crippen LogP contribution in [-0.4, -0.2) is 15.0 Å². The molecule has 0 amide bonds.